The van der Waals surface area contributed by atoms with Crippen LogP contribution in [0.4, 0.5) is 0 Å². The summed E-state index contributed by atoms with van der Waals surface area (Å²) in [6.45, 7) is 8.73. The number of hydrogen-bond acceptors (Lipinski definition) is 4. The Bertz CT molecular complexity index is 800. The first kappa shape index (κ1) is 18.1. The molecule has 7 unspecified atom stereocenters. The zero-order chi connectivity index (χ0) is 19.2. The first-order valence-electron chi connectivity index (χ1n) is 10.7. The van der Waals surface area contributed by atoms with Gasteiger partial charge in [0.05, 0.1) is 11.1 Å². The van der Waals surface area contributed by atoms with Crippen LogP contribution in [0.3, 0.4) is 0 Å². The largest absolute Gasteiger partial charge is 0.298 e. The van der Waals surface area contributed by atoms with E-state index in [0.717, 1.165) is 30.7 Å². The standard InChI is InChI=1S/C23H31NO2S/c1-13(25)23-20(24-14(2)27-23)12-19-17-6-5-15-11-16(26)7-9-21(15,3)18(17)8-10-22(19,23)4/h11,17-20H,5-10,12H2,1-4H3. The summed E-state index contributed by atoms with van der Waals surface area (Å²) in [5.74, 6) is 2.60. The quantitative estimate of drug-likeness (QED) is 0.639. The molecule has 1 aliphatic heterocycles. The summed E-state index contributed by atoms with van der Waals surface area (Å²) in [5, 5.41) is 1.10. The molecule has 3 fully saturated rings. The Kier molecular flexibility index (Phi) is 3.75. The minimum Gasteiger partial charge on any atom is -0.298 e. The second-order valence-corrected chi connectivity index (χ2v) is 11.7. The van der Waals surface area contributed by atoms with Crippen LogP contribution in [-0.2, 0) is 9.59 Å². The van der Waals surface area contributed by atoms with Gasteiger partial charge in [-0.15, -0.1) is 0 Å². The first-order chi connectivity index (χ1) is 12.7. The second kappa shape index (κ2) is 5.58. The Balaban J connectivity index is 1.55. The van der Waals surface area contributed by atoms with Crippen molar-refractivity contribution in [2.45, 2.75) is 83.4 Å². The van der Waals surface area contributed by atoms with Crippen LogP contribution in [0.1, 0.15) is 72.6 Å². The van der Waals surface area contributed by atoms with Crippen LogP contribution in [0.25, 0.3) is 0 Å². The van der Waals surface area contributed by atoms with Crippen LogP contribution < -0.4 is 0 Å². The molecule has 3 saturated carbocycles. The highest BCUT2D eigenvalue weighted by Crippen LogP contribution is 2.71. The third-order valence-electron chi connectivity index (χ3n) is 9.32. The molecule has 5 rings (SSSR count). The second-order valence-electron chi connectivity index (χ2n) is 10.2. The molecular formula is C23H31NO2S. The number of nitrogens with zero attached hydrogens (tertiary/aromatic N) is 1. The molecular weight excluding hydrogens is 354 g/mol. The fourth-order valence-electron chi connectivity index (χ4n) is 8.08. The van der Waals surface area contributed by atoms with Gasteiger partial charge >= 0.3 is 0 Å². The van der Waals surface area contributed by atoms with E-state index < -0.39 is 0 Å². The predicted molar refractivity (Wildman–Crippen MR) is 110 cm³/mol. The van der Waals surface area contributed by atoms with E-state index in [0.29, 0.717) is 35.7 Å². The Morgan fingerprint density at radius 3 is 2.70 bits per heavy atom. The number of allylic oxidation sites excluding steroid dienone is 1. The van der Waals surface area contributed by atoms with Gasteiger partial charge in [-0.2, -0.15) is 0 Å². The van der Waals surface area contributed by atoms with Gasteiger partial charge in [-0.25, -0.2) is 0 Å². The van der Waals surface area contributed by atoms with Gasteiger partial charge < -0.3 is 0 Å². The molecule has 146 valence electrons. The van der Waals surface area contributed by atoms with Crippen molar-refractivity contribution in [3.8, 4) is 0 Å². The highest BCUT2D eigenvalue weighted by Gasteiger charge is 2.71. The zero-order valence-corrected chi connectivity index (χ0v) is 17.8. The Morgan fingerprint density at radius 1 is 1.19 bits per heavy atom. The molecule has 0 N–H and O–H groups in total. The van der Waals surface area contributed by atoms with Gasteiger partial charge in [0.25, 0.3) is 0 Å². The van der Waals surface area contributed by atoms with E-state index in [1.54, 1.807) is 11.8 Å². The van der Waals surface area contributed by atoms with Crippen molar-refractivity contribution in [3.05, 3.63) is 11.6 Å². The van der Waals surface area contributed by atoms with Crippen molar-refractivity contribution in [3.63, 3.8) is 0 Å². The van der Waals surface area contributed by atoms with E-state index in [4.69, 9.17) is 4.99 Å². The van der Waals surface area contributed by atoms with E-state index in [2.05, 4.69) is 20.8 Å². The van der Waals surface area contributed by atoms with E-state index in [9.17, 15) is 9.59 Å². The molecule has 3 nitrogen and oxygen atoms in total. The van der Waals surface area contributed by atoms with Crippen molar-refractivity contribution in [1.82, 2.24) is 0 Å². The number of carbonyl (C=O) groups is 2. The van der Waals surface area contributed by atoms with E-state index in [-0.39, 0.29) is 21.6 Å². The number of Topliss-reactive ketones (excluding diaryl/α,β-unsaturated/α-hetero) is 1. The summed E-state index contributed by atoms with van der Waals surface area (Å²) in [5.41, 5.74) is 1.68. The van der Waals surface area contributed by atoms with E-state index in [1.165, 1.54) is 18.4 Å². The summed E-state index contributed by atoms with van der Waals surface area (Å²) in [6.07, 6.45) is 9.38. The minimum atomic E-state index is -0.327. The van der Waals surface area contributed by atoms with Gasteiger partial charge in [-0.05, 0) is 87.0 Å². The average molecular weight is 386 g/mol. The highest BCUT2D eigenvalue weighted by atomic mass is 32.2. The molecule has 0 spiro atoms. The molecule has 0 amide bonds. The normalized spacial score (nSPS) is 50.9. The molecule has 0 aromatic rings. The maximum absolute atomic E-state index is 13.0. The fraction of sp³-hybridized carbons (Fsp3) is 0.783. The highest BCUT2D eigenvalue weighted by molar-refractivity contribution is 8.16. The molecule has 0 aromatic carbocycles. The summed E-state index contributed by atoms with van der Waals surface area (Å²) >= 11 is 1.78. The number of hydrogen-bond donors (Lipinski definition) is 0. The van der Waals surface area contributed by atoms with Crippen LogP contribution in [-0.4, -0.2) is 27.4 Å². The average Bonchev–Trinajstić information content (AvgIpc) is 3.06. The first-order valence-corrected chi connectivity index (χ1v) is 11.5. The molecule has 1 heterocycles. The Hall–Kier alpha value is -0.900. The summed E-state index contributed by atoms with van der Waals surface area (Å²) in [7, 11) is 0. The van der Waals surface area contributed by atoms with Crippen molar-refractivity contribution < 1.29 is 9.59 Å². The molecule has 0 radical (unpaired) electrons. The SMILES string of the molecule is CC(=O)C12SC(C)=NC1CC1C3CCC4=CC(=O)CCC4(C)C3CCC12C. The number of fused-ring (bicyclic) bond motifs is 7. The maximum atomic E-state index is 13.0. The monoisotopic (exact) mass is 385 g/mol. The number of aliphatic imine (C=N–C) groups is 1. The third kappa shape index (κ3) is 2.09. The molecule has 5 aliphatic rings. The number of thioether (sulfide) groups is 1. The summed E-state index contributed by atoms with van der Waals surface area (Å²) in [6, 6.07) is 0.173. The van der Waals surface area contributed by atoms with Crippen LogP contribution >= 0.6 is 11.8 Å². The number of carbonyl (C=O) groups excluding carboxylic acids is 2. The van der Waals surface area contributed by atoms with Crippen LogP contribution in [0.15, 0.2) is 16.6 Å². The zero-order valence-electron chi connectivity index (χ0n) is 17.0. The fourth-order valence-corrected chi connectivity index (χ4v) is 9.64. The Morgan fingerprint density at radius 2 is 1.96 bits per heavy atom. The van der Waals surface area contributed by atoms with E-state index >= 15 is 0 Å². The van der Waals surface area contributed by atoms with Gasteiger partial charge in [0.15, 0.2) is 5.78 Å². The van der Waals surface area contributed by atoms with Crippen molar-refractivity contribution in [2.24, 2.45) is 33.6 Å². The molecule has 0 aromatic heterocycles. The van der Waals surface area contributed by atoms with Gasteiger partial charge in [0.1, 0.15) is 10.5 Å². The van der Waals surface area contributed by atoms with Crippen molar-refractivity contribution in [1.29, 1.82) is 0 Å². The van der Waals surface area contributed by atoms with Crippen molar-refractivity contribution >= 4 is 28.4 Å². The lowest BCUT2D eigenvalue weighted by atomic mass is 9.46. The molecule has 0 saturated heterocycles. The summed E-state index contributed by atoms with van der Waals surface area (Å²) < 4.78 is -0.327. The molecule has 4 aliphatic carbocycles. The smallest absolute Gasteiger partial charge is 0.155 e. The number of ketones is 2. The summed E-state index contributed by atoms with van der Waals surface area (Å²) in [4.78, 5) is 30.0. The predicted octanol–water partition coefficient (Wildman–Crippen LogP) is 4.99. The number of rotatable bonds is 1. The van der Waals surface area contributed by atoms with Crippen LogP contribution in [0, 0.1) is 28.6 Å². The van der Waals surface area contributed by atoms with Crippen molar-refractivity contribution in [2.75, 3.05) is 0 Å². The van der Waals surface area contributed by atoms with Gasteiger partial charge in [-0.1, -0.05) is 31.2 Å². The molecule has 4 heteroatoms. The minimum absolute atomic E-state index is 0.0542. The molecule has 27 heavy (non-hydrogen) atoms. The topological polar surface area (TPSA) is 46.5 Å². The lowest BCUT2D eigenvalue weighted by molar-refractivity contribution is -0.126. The molecule has 0 bridgehead atoms. The van der Waals surface area contributed by atoms with Crippen LogP contribution in [0.2, 0.25) is 0 Å². The Labute approximate surface area is 166 Å². The van der Waals surface area contributed by atoms with Gasteiger partial charge in [0.2, 0.25) is 0 Å². The lowest BCUT2D eigenvalue weighted by Crippen LogP contribution is -2.57. The van der Waals surface area contributed by atoms with Crippen LogP contribution in [0.5, 0.6) is 0 Å². The van der Waals surface area contributed by atoms with Gasteiger partial charge in [-0.3, -0.25) is 14.6 Å². The van der Waals surface area contributed by atoms with E-state index in [1.807, 2.05) is 13.0 Å². The molecule has 7 atom stereocenters. The third-order valence-corrected chi connectivity index (χ3v) is 11.1. The van der Waals surface area contributed by atoms with Gasteiger partial charge in [0, 0.05) is 6.42 Å². The maximum Gasteiger partial charge on any atom is 0.155 e. The lowest BCUT2D eigenvalue weighted by Gasteiger charge is -2.59.